The van der Waals surface area contributed by atoms with Crippen molar-refractivity contribution in [2.45, 2.75) is 24.7 Å². The number of anilines is 1. The molecule has 0 spiro atoms. The first kappa shape index (κ1) is 24.9. The van der Waals surface area contributed by atoms with Gasteiger partial charge in [-0.25, -0.2) is 0 Å². The second kappa shape index (κ2) is 9.62. The summed E-state index contributed by atoms with van der Waals surface area (Å²) in [6.07, 6.45) is 6.23. The highest BCUT2D eigenvalue weighted by Crippen LogP contribution is 2.47. The molecule has 1 unspecified atom stereocenters. The van der Waals surface area contributed by atoms with Crippen molar-refractivity contribution in [1.82, 2.24) is 14.9 Å². The summed E-state index contributed by atoms with van der Waals surface area (Å²) >= 11 is 0. The minimum absolute atomic E-state index is 0.0219. The molecule has 0 aliphatic carbocycles. The van der Waals surface area contributed by atoms with Gasteiger partial charge in [0.2, 0.25) is 11.8 Å². The first-order valence-corrected chi connectivity index (χ1v) is 14.8. The summed E-state index contributed by atoms with van der Waals surface area (Å²) in [5.74, 6) is -0.212. The molecule has 4 heterocycles. The zero-order valence-electron chi connectivity index (χ0n) is 23.3. The number of hydrogen-bond acceptors (Lipinski definition) is 2. The number of carbonyl (C=O) groups excluding carboxylic acids is 2. The van der Waals surface area contributed by atoms with Crippen molar-refractivity contribution >= 4 is 50.1 Å². The number of H-pyrrole nitrogens is 2. The van der Waals surface area contributed by atoms with Crippen LogP contribution in [0.15, 0.2) is 103 Å². The summed E-state index contributed by atoms with van der Waals surface area (Å²) in [5.41, 5.74) is 5.48. The summed E-state index contributed by atoms with van der Waals surface area (Å²) in [5, 5.41) is 4.60. The van der Waals surface area contributed by atoms with Crippen LogP contribution in [0.3, 0.4) is 0 Å². The van der Waals surface area contributed by atoms with Gasteiger partial charge in [-0.2, -0.15) is 0 Å². The molecule has 0 saturated carbocycles. The van der Waals surface area contributed by atoms with E-state index >= 15 is 0 Å². The molecule has 2 N–H and O–H groups in total. The van der Waals surface area contributed by atoms with Crippen LogP contribution in [0.5, 0.6) is 0 Å². The number of nitrogens with one attached hydrogen (secondary N) is 2. The van der Waals surface area contributed by atoms with Gasteiger partial charge in [0.15, 0.2) is 0 Å². The molecule has 0 radical (unpaired) electrons. The molecule has 6 aromatic rings. The van der Waals surface area contributed by atoms with Crippen LogP contribution in [0.2, 0.25) is 0 Å². The van der Waals surface area contributed by atoms with Gasteiger partial charge in [0.1, 0.15) is 0 Å². The molecule has 208 valence electrons. The van der Waals surface area contributed by atoms with Crippen LogP contribution in [0.25, 0.3) is 32.6 Å². The summed E-state index contributed by atoms with van der Waals surface area (Å²) in [6.45, 7) is 1.73. The van der Waals surface area contributed by atoms with Gasteiger partial charge < -0.3 is 19.8 Å². The monoisotopic (exact) mass is 552 g/mol. The number of hydrogen-bond donors (Lipinski definition) is 2. The molecule has 2 amide bonds. The lowest BCUT2D eigenvalue weighted by molar-refractivity contribution is -0.137. The third-order valence-electron chi connectivity index (χ3n) is 9.67. The fourth-order valence-electron chi connectivity index (χ4n) is 7.54. The van der Waals surface area contributed by atoms with Crippen molar-refractivity contribution in [3.8, 4) is 0 Å². The number of likely N-dealkylation sites (tertiary alicyclic amines) is 1. The number of rotatable bonds is 4. The first-order chi connectivity index (χ1) is 20.6. The molecule has 42 heavy (non-hydrogen) atoms. The lowest BCUT2D eigenvalue weighted by Crippen LogP contribution is -2.47. The van der Waals surface area contributed by atoms with Gasteiger partial charge in [-0.05, 0) is 47.6 Å². The lowest BCUT2D eigenvalue weighted by Gasteiger charge is -2.43. The normalized spacial score (nSPS) is 18.9. The molecule has 2 aliphatic heterocycles. The molecule has 4 aromatic carbocycles. The van der Waals surface area contributed by atoms with Crippen molar-refractivity contribution in [1.29, 1.82) is 0 Å². The maximum atomic E-state index is 13.9. The number of fused-ring (bicyclic) bond motifs is 3. The number of amides is 2. The number of aromatic amines is 2. The van der Waals surface area contributed by atoms with Crippen LogP contribution in [0.1, 0.15) is 30.4 Å². The second-order valence-electron chi connectivity index (χ2n) is 11.8. The Morgan fingerprint density at radius 1 is 0.714 bits per heavy atom. The number of benzene rings is 4. The summed E-state index contributed by atoms with van der Waals surface area (Å²) in [6, 6.07) is 31.1. The van der Waals surface area contributed by atoms with Crippen molar-refractivity contribution in [2.75, 3.05) is 24.5 Å². The molecular formula is C36H32N4O2. The molecule has 2 fully saturated rings. The molecule has 6 nitrogen and oxygen atoms in total. The van der Waals surface area contributed by atoms with Gasteiger partial charge in [-0.1, -0.05) is 72.8 Å². The van der Waals surface area contributed by atoms with E-state index in [1.807, 2.05) is 40.1 Å². The Labute approximate surface area is 243 Å². The predicted molar refractivity (Wildman–Crippen MR) is 168 cm³/mol. The summed E-state index contributed by atoms with van der Waals surface area (Å²) in [4.78, 5) is 38.0. The molecule has 6 heteroatoms. The van der Waals surface area contributed by atoms with E-state index in [1.54, 1.807) is 0 Å². The highest BCUT2D eigenvalue weighted by molar-refractivity contribution is 6.07. The van der Waals surface area contributed by atoms with Crippen LogP contribution in [0, 0.1) is 5.92 Å². The van der Waals surface area contributed by atoms with E-state index in [1.165, 1.54) is 21.9 Å². The van der Waals surface area contributed by atoms with Gasteiger partial charge in [0.05, 0.1) is 11.6 Å². The maximum Gasteiger partial charge on any atom is 0.228 e. The Morgan fingerprint density at radius 3 is 1.95 bits per heavy atom. The van der Waals surface area contributed by atoms with E-state index in [0.717, 1.165) is 40.3 Å². The highest BCUT2D eigenvalue weighted by Gasteiger charge is 2.44. The molecule has 0 bridgehead atoms. The quantitative estimate of drug-likeness (QED) is 0.254. The van der Waals surface area contributed by atoms with Gasteiger partial charge >= 0.3 is 0 Å². The predicted octanol–water partition coefficient (Wildman–Crippen LogP) is 6.76. The van der Waals surface area contributed by atoms with Crippen LogP contribution in [-0.4, -0.2) is 46.3 Å². The van der Waals surface area contributed by atoms with Crippen molar-refractivity contribution < 1.29 is 9.59 Å². The SMILES string of the molecule is O=C(C1CC(=O)N(c2cccc3ccccc23)C1)N1CCC(c2c[nH]c3ccccc23)(c2c[nH]c3ccccc23)CC1. The van der Waals surface area contributed by atoms with Crippen LogP contribution in [0.4, 0.5) is 5.69 Å². The van der Waals surface area contributed by atoms with E-state index < -0.39 is 0 Å². The Hall–Kier alpha value is -4.84. The highest BCUT2D eigenvalue weighted by atomic mass is 16.2. The van der Waals surface area contributed by atoms with Gasteiger partial charge in [0, 0.05) is 71.1 Å². The smallest absolute Gasteiger partial charge is 0.228 e. The number of nitrogens with zero attached hydrogens (tertiary/aromatic N) is 2. The van der Waals surface area contributed by atoms with Crippen molar-refractivity contribution in [3.05, 3.63) is 115 Å². The molecule has 1 atom stereocenters. The van der Waals surface area contributed by atoms with Gasteiger partial charge in [-0.3, -0.25) is 9.59 Å². The average molecular weight is 553 g/mol. The second-order valence-corrected chi connectivity index (χ2v) is 11.8. The topological polar surface area (TPSA) is 72.2 Å². The minimum Gasteiger partial charge on any atom is -0.361 e. The molecule has 2 aliphatic rings. The van der Waals surface area contributed by atoms with E-state index in [4.69, 9.17) is 0 Å². The van der Waals surface area contributed by atoms with Crippen LogP contribution >= 0.6 is 0 Å². The average Bonchev–Trinajstić information content (AvgIpc) is 3.78. The van der Waals surface area contributed by atoms with E-state index in [-0.39, 0.29) is 29.6 Å². The lowest BCUT2D eigenvalue weighted by atomic mass is 9.67. The third-order valence-corrected chi connectivity index (χ3v) is 9.67. The fraction of sp³-hybridized carbons (Fsp3) is 0.222. The molecule has 8 rings (SSSR count). The Balaban J connectivity index is 1.09. The van der Waals surface area contributed by atoms with Gasteiger partial charge in [0.25, 0.3) is 0 Å². The van der Waals surface area contributed by atoms with E-state index in [0.29, 0.717) is 19.6 Å². The first-order valence-electron chi connectivity index (χ1n) is 14.8. The third kappa shape index (κ3) is 3.78. The van der Waals surface area contributed by atoms with Crippen LogP contribution in [-0.2, 0) is 15.0 Å². The number of carbonyl (C=O) groups is 2. The molecule has 2 aromatic heterocycles. The van der Waals surface area contributed by atoms with Gasteiger partial charge in [-0.15, -0.1) is 0 Å². The van der Waals surface area contributed by atoms with Crippen molar-refractivity contribution in [2.24, 2.45) is 5.92 Å². The largest absolute Gasteiger partial charge is 0.361 e. The fourth-order valence-corrected chi connectivity index (χ4v) is 7.54. The van der Waals surface area contributed by atoms with Crippen LogP contribution < -0.4 is 4.90 Å². The number of piperidine rings is 1. The Bertz CT molecular complexity index is 1900. The van der Waals surface area contributed by atoms with Crippen molar-refractivity contribution in [3.63, 3.8) is 0 Å². The maximum absolute atomic E-state index is 13.9. The standard InChI is InChI=1S/C36H32N4O2/c41-34-20-25(23-40(34)33-15-7-9-24-8-1-2-10-26(24)33)35(42)39-18-16-36(17-19-39,29-21-37-31-13-5-3-11-27(29)31)30-22-38-32-14-6-4-12-28(30)32/h1-15,21-22,25,37-38H,16-20,23H2. The zero-order valence-corrected chi connectivity index (χ0v) is 23.3. The van der Waals surface area contributed by atoms with E-state index in [9.17, 15) is 9.59 Å². The molecule has 2 saturated heterocycles. The summed E-state index contributed by atoms with van der Waals surface area (Å²) in [7, 11) is 0. The van der Waals surface area contributed by atoms with E-state index in [2.05, 4.69) is 83.0 Å². The number of para-hydroxylation sites is 2. The Kier molecular flexibility index (Phi) is 5.71. The Morgan fingerprint density at radius 2 is 1.29 bits per heavy atom. The molecular weight excluding hydrogens is 520 g/mol. The zero-order chi connectivity index (χ0) is 28.3. The minimum atomic E-state index is -0.329. The number of aromatic nitrogens is 2. The summed E-state index contributed by atoms with van der Waals surface area (Å²) < 4.78 is 0.